The molecule has 0 aliphatic carbocycles. The first-order valence-electron chi connectivity index (χ1n) is 17.7. The van der Waals surface area contributed by atoms with Crippen molar-refractivity contribution in [2.24, 2.45) is 18.9 Å². The van der Waals surface area contributed by atoms with Gasteiger partial charge in [0.05, 0.1) is 45.3 Å². The number of rotatable bonds is 16. The first-order chi connectivity index (χ1) is 24.7. The van der Waals surface area contributed by atoms with Crippen molar-refractivity contribution in [2.45, 2.75) is 70.2 Å². The molecule has 2 unspecified atom stereocenters. The first-order valence-corrected chi connectivity index (χ1v) is 19.6. The molecule has 4 atom stereocenters. The minimum atomic E-state index is -4.11. The number of hydrogen-bond donors (Lipinski definition) is 3. The lowest BCUT2D eigenvalue weighted by atomic mass is 9.95. The molecule has 0 radical (unpaired) electrons. The smallest absolute Gasteiger partial charge is 0.321 e. The van der Waals surface area contributed by atoms with E-state index in [-0.39, 0.29) is 53.0 Å². The van der Waals surface area contributed by atoms with Crippen LogP contribution in [0, 0.1) is 11.8 Å². The molecule has 3 aromatic carbocycles. The average Bonchev–Trinajstić information content (AvgIpc) is 3.63. The van der Waals surface area contributed by atoms with Crippen LogP contribution in [0.1, 0.15) is 45.5 Å². The van der Waals surface area contributed by atoms with Crippen LogP contribution in [0.2, 0.25) is 5.02 Å². The van der Waals surface area contributed by atoms with E-state index in [1.54, 1.807) is 9.80 Å². The van der Waals surface area contributed by atoms with Gasteiger partial charge in [0.15, 0.2) is 0 Å². The number of nitrogens with zero attached hydrogens (tertiary/aromatic N) is 5. The topological polar surface area (TPSA) is 154 Å². The van der Waals surface area contributed by atoms with E-state index in [2.05, 4.69) is 5.32 Å². The standard InChI is InChI=1S/C38H50ClN7O5S/c1-6-26(4)36(46-19-18-44(38(46)49)24-35-41-31-14-10-11-15-33(31)43(35)5)37(48)42-32(20-27-12-8-7-9-13-27)34(47)23-45(22-25(2)3)52(50,51)28-16-17-29(39)30(40)21-28/h7-17,21,25-26,32,34,36,47H,6,18-20,22-24,40H2,1-5H3,(H,42,48)/t26?,32-,34+,36?/m0/s1. The molecule has 280 valence electrons. The molecule has 52 heavy (non-hydrogen) atoms. The number of carbonyl (C=O) groups is 2. The number of aromatic nitrogens is 2. The van der Waals surface area contributed by atoms with E-state index in [0.717, 1.165) is 22.4 Å². The number of fused-ring (bicyclic) bond motifs is 1. The third kappa shape index (κ3) is 8.71. The summed E-state index contributed by atoms with van der Waals surface area (Å²) in [5.74, 6) is 0.0596. The maximum absolute atomic E-state index is 14.4. The van der Waals surface area contributed by atoms with Crippen molar-refractivity contribution in [1.82, 2.24) is 29.0 Å². The van der Waals surface area contributed by atoms with Gasteiger partial charge in [0.1, 0.15) is 11.9 Å². The summed E-state index contributed by atoms with van der Waals surface area (Å²) < 4.78 is 31.1. The van der Waals surface area contributed by atoms with E-state index in [1.165, 1.54) is 22.5 Å². The van der Waals surface area contributed by atoms with Gasteiger partial charge >= 0.3 is 6.03 Å². The van der Waals surface area contributed by atoms with Crippen molar-refractivity contribution in [3.63, 3.8) is 0 Å². The molecular weight excluding hydrogens is 702 g/mol. The van der Waals surface area contributed by atoms with E-state index < -0.39 is 34.1 Å². The Bertz CT molecular complexity index is 1970. The van der Waals surface area contributed by atoms with E-state index in [0.29, 0.717) is 26.1 Å². The van der Waals surface area contributed by atoms with Gasteiger partial charge in [-0.3, -0.25) is 4.79 Å². The number of nitrogen functional groups attached to an aromatic ring is 1. The Balaban J connectivity index is 1.39. The van der Waals surface area contributed by atoms with E-state index in [1.807, 2.05) is 93.9 Å². The number of aliphatic hydroxyl groups excluding tert-OH is 1. The SMILES string of the molecule is CCC(C)C(C(=O)N[C@@H](Cc1ccccc1)[C@H](O)CN(CC(C)C)S(=O)(=O)c1ccc(Cl)c(N)c1)N1CCN(Cc2nc3ccccc3n2C)C1=O. The predicted molar refractivity (Wildman–Crippen MR) is 204 cm³/mol. The minimum Gasteiger partial charge on any atom is -0.397 e. The van der Waals surface area contributed by atoms with Crippen molar-refractivity contribution in [2.75, 3.05) is 31.9 Å². The summed E-state index contributed by atoms with van der Waals surface area (Å²) in [6, 6.07) is 19.4. The van der Waals surface area contributed by atoms with Crippen LogP contribution in [0.25, 0.3) is 11.0 Å². The van der Waals surface area contributed by atoms with Gasteiger partial charge in [-0.05, 0) is 54.2 Å². The Hall–Kier alpha value is -4.17. The number of nitrogens with two attached hydrogens (primary N) is 1. The van der Waals surface area contributed by atoms with Gasteiger partial charge in [0.2, 0.25) is 15.9 Å². The van der Waals surface area contributed by atoms with Crippen LogP contribution < -0.4 is 11.1 Å². The molecule has 3 amide bonds. The number of hydrogen-bond acceptors (Lipinski definition) is 7. The molecule has 1 aliphatic rings. The molecule has 12 nitrogen and oxygen atoms in total. The summed E-state index contributed by atoms with van der Waals surface area (Å²) in [6.45, 7) is 8.58. The van der Waals surface area contributed by atoms with Gasteiger partial charge in [-0.25, -0.2) is 18.2 Å². The zero-order valence-corrected chi connectivity index (χ0v) is 32.0. The lowest BCUT2D eigenvalue weighted by Crippen LogP contribution is -2.57. The van der Waals surface area contributed by atoms with Gasteiger partial charge in [0, 0.05) is 33.2 Å². The van der Waals surface area contributed by atoms with Crippen LogP contribution >= 0.6 is 11.6 Å². The van der Waals surface area contributed by atoms with Crippen LogP contribution in [0.5, 0.6) is 0 Å². The Labute approximate surface area is 311 Å². The summed E-state index contributed by atoms with van der Waals surface area (Å²) in [4.78, 5) is 36.3. The molecule has 5 rings (SSSR count). The summed E-state index contributed by atoms with van der Waals surface area (Å²) in [5, 5.41) is 15.1. The summed E-state index contributed by atoms with van der Waals surface area (Å²) >= 11 is 6.08. The van der Waals surface area contributed by atoms with Crippen molar-refractivity contribution < 1.29 is 23.1 Å². The highest BCUT2D eigenvalue weighted by Crippen LogP contribution is 2.27. The monoisotopic (exact) mass is 751 g/mol. The Kier molecular flexibility index (Phi) is 12.5. The van der Waals surface area contributed by atoms with Crippen LogP contribution in [0.3, 0.4) is 0 Å². The number of benzene rings is 3. The molecular formula is C38H50ClN7O5S. The third-order valence-electron chi connectivity index (χ3n) is 9.78. The lowest BCUT2D eigenvalue weighted by Gasteiger charge is -2.35. The second kappa shape index (κ2) is 16.7. The highest BCUT2D eigenvalue weighted by Gasteiger charge is 2.41. The molecule has 1 aromatic heterocycles. The first kappa shape index (κ1) is 39.0. The Morgan fingerprint density at radius 2 is 1.73 bits per heavy atom. The normalized spacial score (nSPS) is 16.1. The largest absolute Gasteiger partial charge is 0.397 e. The Morgan fingerprint density at radius 1 is 1.04 bits per heavy atom. The summed E-state index contributed by atoms with van der Waals surface area (Å²) in [5.41, 5.74) is 8.75. The van der Waals surface area contributed by atoms with E-state index in [4.69, 9.17) is 22.3 Å². The van der Waals surface area contributed by atoms with Gasteiger partial charge in [0.25, 0.3) is 0 Å². The zero-order valence-electron chi connectivity index (χ0n) is 30.4. The number of para-hydroxylation sites is 2. The maximum Gasteiger partial charge on any atom is 0.321 e. The van der Waals surface area contributed by atoms with E-state index >= 15 is 0 Å². The van der Waals surface area contributed by atoms with Crippen LogP contribution in [-0.2, 0) is 34.8 Å². The van der Waals surface area contributed by atoms with Gasteiger partial charge in [-0.15, -0.1) is 0 Å². The minimum absolute atomic E-state index is 0.0431. The highest BCUT2D eigenvalue weighted by atomic mass is 35.5. The van der Waals surface area contributed by atoms with Gasteiger partial charge in [-0.1, -0.05) is 88.2 Å². The number of sulfonamides is 1. The van der Waals surface area contributed by atoms with Crippen molar-refractivity contribution in [3.05, 3.63) is 89.2 Å². The number of nitrogens with one attached hydrogen (secondary N) is 1. The fraction of sp³-hybridized carbons (Fsp3) is 0.447. The summed E-state index contributed by atoms with van der Waals surface area (Å²) in [7, 11) is -2.18. The highest BCUT2D eigenvalue weighted by molar-refractivity contribution is 7.89. The molecule has 4 N–H and O–H groups in total. The molecule has 0 bridgehead atoms. The number of urea groups is 1. The van der Waals surface area contributed by atoms with Crippen LogP contribution in [0.15, 0.2) is 77.7 Å². The predicted octanol–water partition coefficient (Wildman–Crippen LogP) is 4.90. The third-order valence-corrected chi connectivity index (χ3v) is 12.0. The molecule has 4 aromatic rings. The number of aliphatic hydroxyl groups is 1. The number of aryl methyl sites for hydroxylation is 1. The van der Waals surface area contributed by atoms with Crippen molar-refractivity contribution in [3.8, 4) is 0 Å². The number of anilines is 1. The second-order valence-electron chi connectivity index (χ2n) is 14.1. The van der Waals surface area contributed by atoms with Crippen molar-refractivity contribution in [1.29, 1.82) is 0 Å². The Morgan fingerprint density at radius 3 is 2.38 bits per heavy atom. The molecule has 14 heteroatoms. The quantitative estimate of drug-likeness (QED) is 0.138. The molecule has 1 aliphatic heterocycles. The lowest BCUT2D eigenvalue weighted by molar-refractivity contribution is -0.128. The van der Waals surface area contributed by atoms with Gasteiger partial charge in [-0.2, -0.15) is 4.31 Å². The van der Waals surface area contributed by atoms with Crippen LogP contribution in [-0.4, -0.2) is 93.5 Å². The molecule has 1 saturated heterocycles. The molecule has 0 saturated carbocycles. The fourth-order valence-electron chi connectivity index (χ4n) is 6.71. The second-order valence-corrected chi connectivity index (χ2v) is 16.4. The average molecular weight is 752 g/mol. The molecule has 2 heterocycles. The molecule has 1 fully saturated rings. The summed E-state index contributed by atoms with van der Waals surface area (Å²) in [6.07, 6.45) is -0.441. The zero-order chi connectivity index (χ0) is 37.7. The number of imidazole rings is 1. The number of amides is 3. The maximum atomic E-state index is 14.4. The number of halogens is 1. The van der Waals surface area contributed by atoms with E-state index in [9.17, 15) is 23.1 Å². The molecule has 0 spiro atoms. The van der Waals surface area contributed by atoms with Crippen molar-refractivity contribution >= 4 is 50.3 Å². The fourth-order valence-corrected chi connectivity index (χ4v) is 8.48. The van der Waals surface area contributed by atoms with Crippen LogP contribution in [0.4, 0.5) is 10.5 Å². The van der Waals surface area contributed by atoms with Gasteiger partial charge < -0.3 is 30.5 Å². The number of carbonyl (C=O) groups excluding carboxylic acids is 2.